The van der Waals surface area contributed by atoms with E-state index in [0.29, 0.717) is 0 Å². The van der Waals surface area contributed by atoms with E-state index in [1.807, 2.05) is 6.92 Å². The Bertz CT molecular complexity index is 153. The van der Waals surface area contributed by atoms with Crippen LogP contribution in [0.15, 0.2) is 11.7 Å². The number of nitrogens with two attached hydrogens (primary N) is 1. The lowest BCUT2D eigenvalue weighted by molar-refractivity contribution is 0.835. The Morgan fingerprint density at radius 1 is 1.60 bits per heavy atom. The van der Waals surface area contributed by atoms with Crippen LogP contribution in [0, 0.1) is 0 Å². The van der Waals surface area contributed by atoms with E-state index >= 15 is 0 Å². The maximum absolute atomic E-state index is 5.53. The predicted octanol–water partition coefficient (Wildman–Crippen LogP) is 2.01. The van der Waals surface area contributed by atoms with Crippen LogP contribution in [-0.2, 0) is 0 Å². The fourth-order valence-electron chi connectivity index (χ4n) is 0.451. The van der Waals surface area contributed by atoms with Gasteiger partial charge in [0.2, 0.25) is 0 Å². The molecule has 1 rings (SSSR count). The molecule has 2 N–H and O–H groups in total. The molecule has 2 nitrogen and oxygen atoms in total. The first-order valence-electron chi connectivity index (χ1n) is 2.44. The second kappa shape index (κ2) is 5.92. The first-order valence-corrected chi connectivity index (χ1v) is 3.32. The molecule has 1 atom stereocenters. The summed E-state index contributed by atoms with van der Waals surface area (Å²) in [6, 6.07) is 0.141. The third-order valence-electron chi connectivity index (χ3n) is 0.900. The lowest BCUT2D eigenvalue weighted by Crippen LogP contribution is -2.01. The zero-order valence-electron chi connectivity index (χ0n) is 5.48. The van der Waals surface area contributed by atoms with E-state index in [1.54, 1.807) is 23.0 Å². The number of rotatable bonds is 1. The van der Waals surface area contributed by atoms with Crippen molar-refractivity contribution in [2.24, 2.45) is 5.73 Å². The Morgan fingerprint density at radius 3 is 2.40 bits per heavy atom. The number of halogens is 2. The van der Waals surface area contributed by atoms with Crippen LogP contribution < -0.4 is 5.73 Å². The second-order valence-corrected chi connectivity index (χ2v) is 2.61. The third-order valence-corrected chi connectivity index (χ3v) is 1.88. The quantitative estimate of drug-likeness (QED) is 0.754. The van der Waals surface area contributed by atoms with Crippen molar-refractivity contribution in [3.05, 3.63) is 16.6 Å². The van der Waals surface area contributed by atoms with Crippen molar-refractivity contribution >= 4 is 36.2 Å². The molecule has 0 aliphatic carbocycles. The summed E-state index contributed by atoms with van der Waals surface area (Å²) in [5.41, 5.74) is 7.32. The molecule has 0 spiro atoms. The van der Waals surface area contributed by atoms with Crippen LogP contribution in [0.2, 0.25) is 0 Å². The minimum absolute atomic E-state index is 0. The van der Waals surface area contributed by atoms with E-state index in [-0.39, 0.29) is 30.9 Å². The van der Waals surface area contributed by atoms with Gasteiger partial charge in [0.05, 0.1) is 5.51 Å². The van der Waals surface area contributed by atoms with Gasteiger partial charge < -0.3 is 5.73 Å². The summed E-state index contributed by atoms with van der Waals surface area (Å²) < 4.78 is 0. The molecule has 1 aromatic heterocycles. The summed E-state index contributed by atoms with van der Waals surface area (Å²) in [7, 11) is 0. The summed E-state index contributed by atoms with van der Waals surface area (Å²) >= 11 is 1.59. The van der Waals surface area contributed by atoms with Crippen molar-refractivity contribution in [1.29, 1.82) is 0 Å². The van der Waals surface area contributed by atoms with E-state index in [2.05, 4.69) is 4.98 Å². The maximum atomic E-state index is 5.53. The Kier molecular flexibility index (Phi) is 7.58. The second-order valence-electron chi connectivity index (χ2n) is 1.69. The van der Waals surface area contributed by atoms with Gasteiger partial charge in [0.15, 0.2) is 0 Å². The van der Waals surface area contributed by atoms with Crippen molar-refractivity contribution in [2.45, 2.75) is 13.0 Å². The molecular weight excluding hydrogens is 191 g/mol. The lowest BCUT2D eigenvalue weighted by atomic mass is 10.3. The zero-order valence-corrected chi connectivity index (χ0v) is 7.93. The minimum atomic E-state index is 0. The Hall–Kier alpha value is 0.170. The highest BCUT2D eigenvalue weighted by molar-refractivity contribution is 7.09. The van der Waals surface area contributed by atoms with Crippen molar-refractivity contribution in [1.82, 2.24) is 4.98 Å². The molecule has 10 heavy (non-hydrogen) atoms. The SMILES string of the molecule is CC(N)c1cncs1.Cl.Cl. The van der Waals surface area contributed by atoms with Gasteiger partial charge in [-0.1, -0.05) is 0 Å². The van der Waals surface area contributed by atoms with Crippen LogP contribution in [-0.4, -0.2) is 4.98 Å². The highest BCUT2D eigenvalue weighted by Gasteiger charge is 1.97. The Morgan fingerprint density at radius 2 is 2.20 bits per heavy atom. The Balaban J connectivity index is 0. The molecule has 0 amide bonds. The normalized spacial score (nSPS) is 11.0. The summed E-state index contributed by atoms with van der Waals surface area (Å²) in [5, 5.41) is 0. The zero-order chi connectivity index (χ0) is 5.98. The number of hydrogen-bond acceptors (Lipinski definition) is 3. The van der Waals surface area contributed by atoms with Gasteiger partial charge in [-0.15, -0.1) is 36.2 Å². The molecule has 0 saturated heterocycles. The van der Waals surface area contributed by atoms with Gasteiger partial charge in [0.25, 0.3) is 0 Å². The van der Waals surface area contributed by atoms with Crippen LogP contribution in [0.1, 0.15) is 17.8 Å². The highest BCUT2D eigenvalue weighted by atomic mass is 35.5. The van der Waals surface area contributed by atoms with Crippen LogP contribution >= 0.6 is 36.2 Å². The third kappa shape index (κ3) is 3.37. The average molecular weight is 201 g/mol. The van der Waals surface area contributed by atoms with E-state index in [4.69, 9.17) is 5.73 Å². The molecule has 0 saturated carbocycles. The predicted molar refractivity (Wildman–Crippen MR) is 49.2 cm³/mol. The van der Waals surface area contributed by atoms with Gasteiger partial charge in [-0.25, -0.2) is 0 Å². The van der Waals surface area contributed by atoms with Gasteiger partial charge in [0.1, 0.15) is 0 Å². The fraction of sp³-hybridized carbons (Fsp3) is 0.400. The molecular formula is C5H10Cl2N2S. The first-order chi connectivity index (χ1) is 3.80. The summed E-state index contributed by atoms with van der Waals surface area (Å²) in [6.45, 7) is 1.95. The smallest absolute Gasteiger partial charge is 0.0794 e. The van der Waals surface area contributed by atoms with Crippen molar-refractivity contribution < 1.29 is 0 Å². The van der Waals surface area contributed by atoms with Crippen molar-refractivity contribution in [2.75, 3.05) is 0 Å². The van der Waals surface area contributed by atoms with Gasteiger partial charge in [-0.05, 0) is 6.92 Å². The van der Waals surface area contributed by atoms with Crippen molar-refractivity contribution in [3.63, 3.8) is 0 Å². The summed E-state index contributed by atoms with van der Waals surface area (Å²) in [6.07, 6.45) is 1.80. The number of aromatic nitrogens is 1. The molecule has 5 heteroatoms. The maximum Gasteiger partial charge on any atom is 0.0794 e. The first kappa shape index (κ1) is 12.8. The molecule has 0 bridgehead atoms. The van der Waals surface area contributed by atoms with E-state index in [0.717, 1.165) is 4.88 Å². The van der Waals surface area contributed by atoms with Crippen LogP contribution in [0.5, 0.6) is 0 Å². The van der Waals surface area contributed by atoms with E-state index in [1.165, 1.54) is 0 Å². The van der Waals surface area contributed by atoms with E-state index in [9.17, 15) is 0 Å². The minimum Gasteiger partial charge on any atom is -0.323 e. The van der Waals surface area contributed by atoms with Crippen LogP contribution in [0.3, 0.4) is 0 Å². The summed E-state index contributed by atoms with van der Waals surface area (Å²) in [4.78, 5) is 5.03. The average Bonchev–Trinajstić information content (AvgIpc) is 2.12. The molecule has 1 aromatic rings. The van der Waals surface area contributed by atoms with Gasteiger partial charge >= 0.3 is 0 Å². The van der Waals surface area contributed by atoms with Crippen molar-refractivity contribution in [3.8, 4) is 0 Å². The number of hydrogen-bond donors (Lipinski definition) is 1. The van der Waals surface area contributed by atoms with Gasteiger partial charge in [0, 0.05) is 17.1 Å². The summed E-state index contributed by atoms with van der Waals surface area (Å²) in [5.74, 6) is 0. The monoisotopic (exact) mass is 200 g/mol. The number of thiazole rings is 1. The topological polar surface area (TPSA) is 38.9 Å². The van der Waals surface area contributed by atoms with Gasteiger partial charge in [-0.3, -0.25) is 4.98 Å². The number of nitrogens with zero attached hydrogens (tertiary/aromatic N) is 1. The molecule has 1 heterocycles. The van der Waals surface area contributed by atoms with Crippen LogP contribution in [0.25, 0.3) is 0 Å². The Labute approximate surface area is 76.7 Å². The lowest BCUT2D eigenvalue weighted by Gasteiger charge is -1.95. The highest BCUT2D eigenvalue weighted by Crippen LogP contribution is 2.12. The van der Waals surface area contributed by atoms with E-state index < -0.39 is 0 Å². The molecule has 0 aliphatic heterocycles. The molecule has 0 radical (unpaired) electrons. The van der Waals surface area contributed by atoms with Gasteiger partial charge in [-0.2, -0.15) is 0 Å². The van der Waals surface area contributed by atoms with Crippen LogP contribution in [0.4, 0.5) is 0 Å². The largest absolute Gasteiger partial charge is 0.323 e. The molecule has 0 aromatic carbocycles. The molecule has 1 unspecified atom stereocenters. The fourth-order valence-corrected chi connectivity index (χ4v) is 1.03. The molecule has 60 valence electrons. The molecule has 0 fully saturated rings. The standard InChI is InChI=1S/C5H8N2S.2ClH/c1-4(6)5-2-7-3-8-5;;/h2-4H,6H2,1H3;2*1H. The molecule has 0 aliphatic rings.